The van der Waals surface area contributed by atoms with Crippen molar-refractivity contribution in [2.24, 2.45) is 0 Å². The normalized spacial score (nSPS) is 5.40. The predicted molar refractivity (Wildman–Crippen MR) is 13.9 cm³/mol. The van der Waals surface area contributed by atoms with E-state index in [4.69, 9.17) is 11.1 Å². The van der Waals surface area contributed by atoms with Gasteiger partial charge in [-0.25, -0.2) is 0 Å². The summed E-state index contributed by atoms with van der Waals surface area (Å²) in [4.78, 5) is 0. The maximum absolute atomic E-state index is 7.33. The zero-order valence-electron chi connectivity index (χ0n) is 2.25. The second kappa shape index (κ2) is 4.88. The van der Waals surface area contributed by atoms with E-state index in [9.17, 15) is 0 Å². The van der Waals surface area contributed by atoms with Crippen LogP contribution in [0.25, 0.3) is 0 Å². The molecule has 0 aromatic carbocycles. The molecule has 0 radical (unpaired) electrons. The Morgan fingerprint density at radius 3 is 1.00 bits per heavy atom. The standard InChI is InChI=1S/ClH.3H2O.Ti/h1H;3*1H2;/q;;;;+3/p-3. The Bertz CT molecular complexity index is 11.6. The third-order valence-corrected chi connectivity index (χ3v) is 0. The van der Waals surface area contributed by atoms with E-state index in [0.717, 1.165) is 0 Å². The molecule has 0 fully saturated rings. The van der Waals surface area contributed by atoms with Crippen LogP contribution >= 0.6 is 12.4 Å². The van der Waals surface area contributed by atoms with E-state index >= 15 is 0 Å². The van der Waals surface area contributed by atoms with Crippen molar-refractivity contribution in [2.75, 3.05) is 0 Å². The molecule has 3 nitrogen and oxygen atoms in total. The zero-order valence-corrected chi connectivity index (χ0v) is 4.63. The summed E-state index contributed by atoms with van der Waals surface area (Å²) in [6, 6.07) is 0. The fourth-order valence-corrected chi connectivity index (χ4v) is 0. The first-order chi connectivity index (χ1) is 1.73. The quantitative estimate of drug-likeness (QED) is 0.364. The fourth-order valence-electron chi connectivity index (χ4n) is 0. The van der Waals surface area contributed by atoms with E-state index in [2.05, 4.69) is 0 Å². The zero-order chi connectivity index (χ0) is 3.58. The second-order valence-electron chi connectivity index (χ2n) is 0.300. The summed E-state index contributed by atoms with van der Waals surface area (Å²) in [6.07, 6.45) is 0. The van der Waals surface area contributed by atoms with Crippen LogP contribution in [-0.2, 0) is 19.0 Å². The molecule has 0 aliphatic rings. The van der Waals surface area contributed by atoms with Gasteiger partial charge in [0.15, 0.2) is 0 Å². The third-order valence-electron chi connectivity index (χ3n) is 0. The molecule has 0 bridgehead atoms. The summed E-state index contributed by atoms with van der Waals surface area (Å²) < 4.78 is 22.0. The van der Waals surface area contributed by atoms with Crippen molar-refractivity contribution in [2.45, 2.75) is 0 Å². The van der Waals surface area contributed by atoms with Gasteiger partial charge in [0.05, 0.1) is 0 Å². The average Bonchev–Trinajstić information content (AvgIpc) is 0.811. The molecule has 0 rings (SSSR count). The Kier molecular flexibility index (Phi) is 9.09. The van der Waals surface area contributed by atoms with Gasteiger partial charge in [-0.15, -0.1) is 12.4 Å². The summed E-state index contributed by atoms with van der Waals surface area (Å²) in [5.74, 6) is 0. The molecule has 0 unspecified atom stereocenters. The van der Waals surface area contributed by atoms with Crippen LogP contribution in [0.2, 0.25) is 0 Å². The van der Waals surface area contributed by atoms with Gasteiger partial charge in [0.25, 0.3) is 0 Å². The molecule has 0 saturated heterocycles. The summed E-state index contributed by atoms with van der Waals surface area (Å²) in [5, 5.41) is 0. The van der Waals surface area contributed by atoms with Crippen molar-refractivity contribution in [1.82, 2.24) is 0 Å². The van der Waals surface area contributed by atoms with Gasteiger partial charge in [0, 0.05) is 0 Å². The minimum atomic E-state index is -3.33. The summed E-state index contributed by atoms with van der Waals surface area (Å²) >= 11 is -3.33. The van der Waals surface area contributed by atoms with Crippen LogP contribution in [0.1, 0.15) is 0 Å². The summed E-state index contributed by atoms with van der Waals surface area (Å²) in [5.41, 5.74) is 0. The molecule has 0 spiro atoms. The van der Waals surface area contributed by atoms with Gasteiger partial charge >= 0.3 is 30.1 Å². The predicted octanol–water partition coefficient (Wildman–Crippen LogP) is -1.25. The molecule has 0 saturated carbocycles. The number of rotatable bonds is 0. The molecule has 0 amide bonds. The van der Waals surface area contributed by atoms with Gasteiger partial charge in [-0.2, -0.15) is 0 Å². The molecule has 5 heteroatoms. The number of hydrogen-bond acceptors (Lipinski definition) is 3. The SMILES string of the molecule is Cl.[OH][Ti]([OH])[OH]. The molecular weight excluding hydrogens is 131 g/mol. The number of halogens is 1. The Hall–Kier alpha value is 0.884. The van der Waals surface area contributed by atoms with Gasteiger partial charge in [0.1, 0.15) is 0 Å². The maximum atomic E-state index is 7.33. The van der Waals surface area contributed by atoms with E-state index in [0.29, 0.717) is 0 Å². The Morgan fingerprint density at radius 2 is 1.00 bits per heavy atom. The van der Waals surface area contributed by atoms with E-state index in [1.165, 1.54) is 0 Å². The van der Waals surface area contributed by atoms with Gasteiger partial charge in [-0.05, 0) is 0 Å². The Labute approximate surface area is 42.9 Å². The molecule has 3 N–H and O–H groups in total. The van der Waals surface area contributed by atoms with Crippen LogP contribution in [-0.4, -0.2) is 11.1 Å². The molecule has 0 aromatic heterocycles. The van der Waals surface area contributed by atoms with Crippen LogP contribution in [0, 0.1) is 0 Å². The van der Waals surface area contributed by atoms with Gasteiger partial charge in [-0.3, -0.25) is 0 Å². The van der Waals surface area contributed by atoms with Crippen LogP contribution in [0.4, 0.5) is 0 Å². The van der Waals surface area contributed by atoms with Crippen LogP contribution in [0.15, 0.2) is 0 Å². The van der Waals surface area contributed by atoms with E-state index in [1.807, 2.05) is 0 Å². The van der Waals surface area contributed by atoms with Crippen LogP contribution in [0.5, 0.6) is 0 Å². The summed E-state index contributed by atoms with van der Waals surface area (Å²) in [6.45, 7) is 0. The van der Waals surface area contributed by atoms with Crippen LogP contribution < -0.4 is 0 Å². The van der Waals surface area contributed by atoms with Gasteiger partial charge < -0.3 is 0 Å². The molecule has 0 aliphatic heterocycles. The molecule has 0 heterocycles. The Morgan fingerprint density at radius 1 is 1.00 bits per heavy atom. The molecule has 0 aliphatic carbocycles. The van der Waals surface area contributed by atoms with Crippen molar-refractivity contribution in [3.05, 3.63) is 0 Å². The van der Waals surface area contributed by atoms with Crippen molar-refractivity contribution in [3.63, 3.8) is 0 Å². The second-order valence-corrected chi connectivity index (χ2v) is 1.24. The topological polar surface area (TPSA) is 60.7 Å². The Balaban J connectivity index is 0. The van der Waals surface area contributed by atoms with Gasteiger partial charge in [0.2, 0.25) is 0 Å². The van der Waals surface area contributed by atoms with Crippen molar-refractivity contribution < 1.29 is 30.1 Å². The van der Waals surface area contributed by atoms with E-state index < -0.39 is 19.0 Å². The summed E-state index contributed by atoms with van der Waals surface area (Å²) in [7, 11) is 0. The first kappa shape index (κ1) is 9.30. The van der Waals surface area contributed by atoms with E-state index in [1.54, 1.807) is 0 Å². The minimum absolute atomic E-state index is 0. The molecule has 33 valence electrons. The monoisotopic (exact) mass is 135 g/mol. The molecule has 0 atom stereocenters. The van der Waals surface area contributed by atoms with Crippen molar-refractivity contribution in [3.8, 4) is 0 Å². The fraction of sp³-hybridized carbons (Fsp3) is 0. The van der Waals surface area contributed by atoms with Crippen molar-refractivity contribution in [1.29, 1.82) is 0 Å². The van der Waals surface area contributed by atoms with Crippen LogP contribution in [0.3, 0.4) is 0 Å². The first-order valence-electron chi connectivity index (χ1n) is 0.671. The molecule has 0 aromatic rings. The number of hydrogen-bond donors (Lipinski definition) is 3. The van der Waals surface area contributed by atoms with E-state index in [-0.39, 0.29) is 12.4 Å². The molecular formula is H4ClO3Ti. The third kappa shape index (κ3) is 52.0. The first-order valence-corrected chi connectivity index (χ1v) is 2.77. The molecule has 5 heavy (non-hydrogen) atoms. The average molecular weight is 135 g/mol. The van der Waals surface area contributed by atoms with Gasteiger partial charge in [-0.1, -0.05) is 0 Å². The van der Waals surface area contributed by atoms with Crippen molar-refractivity contribution >= 4 is 12.4 Å².